The molecule has 1 N–H and O–H groups in total. The van der Waals surface area contributed by atoms with Gasteiger partial charge in [-0.05, 0) is 42.2 Å². The van der Waals surface area contributed by atoms with Gasteiger partial charge in [0.15, 0.2) is 0 Å². The van der Waals surface area contributed by atoms with Crippen LogP contribution in [-0.2, 0) is 24.1 Å². The molecule has 0 bridgehead atoms. The Balaban J connectivity index is 1.45. The second-order valence-corrected chi connectivity index (χ2v) is 10.4. The van der Waals surface area contributed by atoms with Crippen molar-refractivity contribution in [1.82, 2.24) is 9.47 Å². The van der Waals surface area contributed by atoms with Crippen molar-refractivity contribution in [3.05, 3.63) is 102 Å². The van der Waals surface area contributed by atoms with Gasteiger partial charge in [0, 0.05) is 43.3 Å². The van der Waals surface area contributed by atoms with Crippen LogP contribution in [0.15, 0.2) is 79.0 Å². The number of halogens is 4. The highest BCUT2D eigenvalue weighted by molar-refractivity contribution is 5.86. The highest BCUT2D eigenvalue weighted by Crippen LogP contribution is 2.33. The minimum absolute atomic E-state index is 0.00250. The summed E-state index contributed by atoms with van der Waals surface area (Å²) in [5, 5.41) is 10.1. The zero-order chi connectivity index (χ0) is 29.6. The summed E-state index contributed by atoms with van der Waals surface area (Å²) >= 11 is 0. The Bertz CT molecular complexity index is 1450. The number of alkyl halides is 3. The molecule has 0 amide bonds. The third-order valence-electron chi connectivity index (χ3n) is 7.22. The fraction of sp³-hybridized carbons (Fsp3) is 0.344. The average Bonchev–Trinajstić information content (AvgIpc) is 3.35. The van der Waals surface area contributed by atoms with Gasteiger partial charge in [0.2, 0.25) is 0 Å². The molecule has 2 unspecified atom stereocenters. The van der Waals surface area contributed by atoms with Crippen molar-refractivity contribution in [2.75, 3.05) is 19.7 Å². The second-order valence-electron chi connectivity index (χ2n) is 10.4. The molecule has 9 heteroatoms. The Morgan fingerprint density at radius 1 is 1.00 bits per heavy atom. The van der Waals surface area contributed by atoms with E-state index in [-0.39, 0.29) is 18.0 Å². The van der Waals surface area contributed by atoms with E-state index in [1.165, 1.54) is 12.1 Å². The molecule has 0 saturated carbocycles. The molecule has 0 fully saturated rings. The minimum atomic E-state index is -4.76. The van der Waals surface area contributed by atoms with Gasteiger partial charge in [-0.2, -0.15) is 13.2 Å². The number of carbonyl (C=O) groups is 1. The number of fused-ring (bicyclic) bond motifs is 1. The third-order valence-corrected chi connectivity index (χ3v) is 7.22. The van der Waals surface area contributed by atoms with Crippen molar-refractivity contribution in [2.45, 2.75) is 45.5 Å². The molecule has 0 aliphatic rings. The van der Waals surface area contributed by atoms with Crippen LogP contribution in [0.3, 0.4) is 0 Å². The number of aromatic nitrogens is 1. The Morgan fingerprint density at radius 2 is 1.73 bits per heavy atom. The quantitative estimate of drug-likeness (QED) is 0.133. The maximum atomic E-state index is 14.9. The summed E-state index contributed by atoms with van der Waals surface area (Å²) in [6.07, 6.45) is -2.36. The number of carboxylic acid groups (broad SMARTS) is 1. The standard InChI is InChI=1S/C32H34F4N2O3/c1-22(24-9-4-3-5-10-24)19-37(21-25-11-6-12-27(30(25)33)32(34,35)36)16-8-18-41-29-14-7-13-28-26(29)15-17-38(28)20-23(2)31(39)40/h3-7,9-15,17,22-23H,8,16,18-21H2,1-2H3,(H,39,40). The van der Waals surface area contributed by atoms with Crippen LogP contribution in [0.2, 0.25) is 0 Å². The van der Waals surface area contributed by atoms with Crippen LogP contribution in [0.25, 0.3) is 10.9 Å². The lowest BCUT2D eigenvalue weighted by atomic mass is 10.00. The van der Waals surface area contributed by atoms with E-state index in [1.54, 1.807) is 6.92 Å². The summed E-state index contributed by atoms with van der Waals surface area (Å²) in [6, 6.07) is 20.7. The van der Waals surface area contributed by atoms with Gasteiger partial charge in [0.25, 0.3) is 0 Å². The van der Waals surface area contributed by atoms with Crippen molar-refractivity contribution < 1.29 is 32.2 Å². The van der Waals surface area contributed by atoms with Crippen LogP contribution in [0.4, 0.5) is 17.6 Å². The lowest BCUT2D eigenvalue weighted by molar-refractivity contribution is -0.141. The first-order valence-electron chi connectivity index (χ1n) is 13.6. The molecule has 4 aromatic rings. The zero-order valence-electron chi connectivity index (χ0n) is 23.1. The summed E-state index contributed by atoms with van der Waals surface area (Å²) in [5.41, 5.74) is 0.704. The number of hydrogen-bond acceptors (Lipinski definition) is 3. The maximum Gasteiger partial charge on any atom is 0.419 e. The molecule has 1 heterocycles. The molecule has 1 aromatic heterocycles. The highest BCUT2D eigenvalue weighted by Gasteiger charge is 2.35. The number of ether oxygens (including phenoxy) is 1. The minimum Gasteiger partial charge on any atom is -0.493 e. The first kappa shape index (κ1) is 30.1. The first-order chi connectivity index (χ1) is 19.5. The van der Waals surface area contributed by atoms with E-state index in [0.717, 1.165) is 22.5 Å². The second kappa shape index (κ2) is 13.2. The predicted molar refractivity (Wildman–Crippen MR) is 150 cm³/mol. The molecule has 0 saturated heterocycles. The van der Waals surface area contributed by atoms with Gasteiger partial charge in [-0.1, -0.05) is 62.4 Å². The first-order valence-corrected chi connectivity index (χ1v) is 13.6. The molecule has 4 rings (SSSR count). The van der Waals surface area contributed by atoms with E-state index in [1.807, 2.05) is 77.2 Å². The summed E-state index contributed by atoms with van der Waals surface area (Å²) < 4.78 is 62.8. The fourth-order valence-corrected chi connectivity index (χ4v) is 4.99. The van der Waals surface area contributed by atoms with Gasteiger partial charge in [0.05, 0.1) is 23.6 Å². The molecule has 0 aliphatic heterocycles. The molecule has 0 radical (unpaired) electrons. The molecule has 2 atom stereocenters. The molecular formula is C32H34F4N2O3. The van der Waals surface area contributed by atoms with Crippen molar-refractivity contribution in [3.63, 3.8) is 0 Å². The zero-order valence-corrected chi connectivity index (χ0v) is 23.1. The molecule has 218 valence electrons. The summed E-state index contributed by atoms with van der Waals surface area (Å²) in [4.78, 5) is 13.2. The van der Waals surface area contributed by atoms with Gasteiger partial charge in [-0.15, -0.1) is 0 Å². The lowest BCUT2D eigenvalue weighted by Crippen LogP contribution is -2.30. The Labute approximate surface area is 237 Å². The van der Waals surface area contributed by atoms with Crippen LogP contribution in [-0.4, -0.2) is 40.2 Å². The van der Waals surface area contributed by atoms with Crippen LogP contribution in [0.5, 0.6) is 5.75 Å². The number of nitrogens with zero attached hydrogens (tertiary/aromatic N) is 2. The molecule has 0 aliphatic carbocycles. The van der Waals surface area contributed by atoms with Gasteiger partial charge in [-0.3, -0.25) is 9.69 Å². The van der Waals surface area contributed by atoms with Crippen molar-refractivity contribution in [2.24, 2.45) is 5.92 Å². The summed E-state index contributed by atoms with van der Waals surface area (Å²) in [6.45, 7) is 5.43. The smallest absolute Gasteiger partial charge is 0.419 e. The van der Waals surface area contributed by atoms with E-state index in [2.05, 4.69) is 0 Å². The van der Waals surface area contributed by atoms with E-state index in [4.69, 9.17) is 4.74 Å². The normalized spacial score (nSPS) is 13.4. The number of rotatable bonds is 13. The Hall–Kier alpha value is -3.85. The van der Waals surface area contributed by atoms with E-state index < -0.39 is 29.4 Å². The van der Waals surface area contributed by atoms with Gasteiger partial charge in [0.1, 0.15) is 11.6 Å². The van der Waals surface area contributed by atoms with E-state index >= 15 is 0 Å². The predicted octanol–water partition coefficient (Wildman–Crippen LogP) is 7.59. The molecular weight excluding hydrogens is 536 g/mol. The Kier molecular flexibility index (Phi) is 9.70. The maximum absolute atomic E-state index is 14.9. The van der Waals surface area contributed by atoms with E-state index in [9.17, 15) is 27.5 Å². The van der Waals surface area contributed by atoms with Crippen molar-refractivity contribution in [3.8, 4) is 5.75 Å². The van der Waals surface area contributed by atoms with Crippen molar-refractivity contribution >= 4 is 16.9 Å². The molecule has 3 aromatic carbocycles. The number of hydrogen-bond donors (Lipinski definition) is 1. The highest BCUT2D eigenvalue weighted by atomic mass is 19.4. The molecule has 5 nitrogen and oxygen atoms in total. The van der Waals surface area contributed by atoms with Gasteiger partial charge in [-0.25, -0.2) is 4.39 Å². The number of carboxylic acids is 1. The van der Waals surface area contributed by atoms with Crippen LogP contribution in [0.1, 0.15) is 42.9 Å². The van der Waals surface area contributed by atoms with Crippen molar-refractivity contribution in [1.29, 1.82) is 0 Å². The monoisotopic (exact) mass is 570 g/mol. The van der Waals surface area contributed by atoms with Gasteiger partial charge >= 0.3 is 12.1 Å². The summed E-state index contributed by atoms with van der Waals surface area (Å²) in [7, 11) is 0. The molecule has 41 heavy (non-hydrogen) atoms. The Morgan fingerprint density at radius 3 is 2.44 bits per heavy atom. The van der Waals surface area contributed by atoms with Gasteiger partial charge < -0.3 is 14.4 Å². The number of aliphatic carboxylic acids is 1. The van der Waals surface area contributed by atoms with Crippen LogP contribution >= 0.6 is 0 Å². The lowest BCUT2D eigenvalue weighted by Gasteiger charge is -2.27. The topological polar surface area (TPSA) is 54.7 Å². The average molecular weight is 571 g/mol. The molecule has 0 spiro atoms. The summed E-state index contributed by atoms with van der Waals surface area (Å²) in [5.74, 6) is -1.90. The van der Waals surface area contributed by atoms with Crippen LogP contribution < -0.4 is 4.74 Å². The largest absolute Gasteiger partial charge is 0.493 e. The number of benzene rings is 3. The fourth-order valence-electron chi connectivity index (χ4n) is 4.99. The third kappa shape index (κ3) is 7.67. The van der Waals surface area contributed by atoms with E-state index in [0.29, 0.717) is 38.4 Å². The SMILES string of the molecule is CC(Cn1ccc2c(OCCCN(Cc3cccc(C(F)(F)F)c3F)CC(C)c3ccccc3)cccc21)C(=O)O. The van der Waals surface area contributed by atoms with Crippen LogP contribution in [0, 0.1) is 11.7 Å².